The van der Waals surface area contributed by atoms with Crippen molar-refractivity contribution in [2.75, 3.05) is 11.9 Å². The van der Waals surface area contributed by atoms with Gasteiger partial charge in [-0.15, -0.1) is 0 Å². The first-order valence-electron chi connectivity index (χ1n) is 22.8. The lowest BCUT2D eigenvalue weighted by Gasteiger charge is -2.36. The van der Waals surface area contributed by atoms with Crippen molar-refractivity contribution in [1.82, 2.24) is 4.57 Å². The van der Waals surface area contributed by atoms with Gasteiger partial charge >= 0.3 is 0 Å². The van der Waals surface area contributed by atoms with Gasteiger partial charge in [-0.1, -0.05) is 200 Å². The molecule has 0 fully saturated rings. The standard InChI is InChI=1S/C63H43N3/c1-65-57-31-13-12-30-55(57)64-62(63(65)45-35-33-42(34-36-45)47-23-14-22-46(39-47)41-17-4-2-5-18-41)53-29-15-28-51-49(53)27-16-32-56(51)66-58-38-37-44-21-8-9-24-48(44)60(58)61-52-26-11-10-25-50(52)54(40-59(61)66)43-19-6-3-7-20-43/h2-40,63H,1H3. The normalized spacial score (nSPS) is 13.7. The number of likely N-dealkylation sites (N-methyl/N-ethyl adjacent to an activating group) is 1. The average molecular weight is 842 g/mol. The van der Waals surface area contributed by atoms with Gasteiger partial charge in [0.2, 0.25) is 0 Å². The molecule has 1 aromatic heterocycles. The highest BCUT2D eigenvalue weighted by molar-refractivity contribution is 6.30. The molecule has 0 radical (unpaired) electrons. The second-order valence-corrected chi connectivity index (χ2v) is 17.5. The summed E-state index contributed by atoms with van der Waals surface area (Å²) in [7, 11) is 2.21. The van der Waals surface area contributed by atoms with Crippen LogP contribution in [0.25, 0.3) is 93.2 Å². The molecule has 1 aliphatic heterocycles. The zero-order valence-electron chi connectivity index (χ0n) is 36.4. The number of nitrogens with zero attached hydrogens (tertiary/aromatic N) is 3. The molecule has 1 aliphatic rings. The summed E-state index contributed by atoms with van der Waals surface area (Å²) in [5, 5.41) is 9.89. The first-order valence-corrected chi connectivity index (χ1v) is 22.8. The highest BCUT2D eigenvalue weighted by atomic mass is 15.2. The molecule has 0 aliphatic carbocycles. The van der Waals surface area contributed by atoms with E-state index in [9.17, 15) is 0 Å². The molecule has 0 spiro atoms. The molecule has 66 heavy (non-hydrogen) atoms. The summed E-state index contributed by atoms with van der Waals surface area (Å²) < 4.78 is 2.52. The van der Waals surface area contributed by atoms with Gasteiger partial charge < -0.3 is 9.47 Å². The summed E-state index contributed by atoms with van der Waals surface area (Å²) in [5.74, 6) is 0. The molecule has 0 amide bonds. The van der Waals surface area contributed by atoms with E-state index in [1.807, 2.05) is 0 Å². The van der Waals surface area contributed by atoms with Gasteiger partial charge in [0.15, 0.2) is 0 Å². The van der Waals surface area contributed by atoms with Gasteiger partial charge in [0, 0.05) is 28.8 Å². The van der Waals surface area contributed by atoms with Crippen LogP contribution in [0.15, 0.2) is 242 Å². The quantitative estimate of drug-likeness (QED) is 0.163. The largest absolute Gasteiger partial charge is 0.360 e. The molecule has 0 saturated heterocycles. The van der Waals surface area contributed by atoms with Crippen LogP contribution < -0.4 is 4.90 Å². The van der Waals surface area contributed by atoms with Crippen LogP contribution in [0, 0.1) is 0 Å². The molecule has 0 N–H and O–H groups in total. The van der Waals surface area contributed by atoms with Gasteiger partial charge in [0.1, 0.15) is 0 Å². The molecule has 1 unspecified atom stereocenters. The number of hydrogen-bond donors (Lipinski definition) is 0. The predicted molar refractivity (Wildman–Crippen MR) is 280 cm³/mol. The van der Waals surface area contributed by atoms with Gasteiger partial charge in [0.05, 0.1) is 39.8 Å². The highest BCUT2D eigenvalue weighted by Crippen LogP contribution is 2.46. The molecule has 11 aromatic carbocycles. The fraction of sp³-hybridized carbons (Fsp3) is 0.0317. The van der Waals surface area contributed by atoms with Crippen molar-refractivity contribution in [3.63, 3.8) is 0 Å². The van der Waals surface area contributed by atoms with E-state index in [4.69, 9.17) is 4.99 Å². The summed E-state index contributed by atoms with van der Waals surface area (Å²) in [5.41, 5.74) is 16.2. The van der Waals surface area contributed by atoms with Crippen LogP contribution in [0.1, 0.15) is 17.2 Å². The van der Waals surface area contributed by atoms with E-state index in [0.717, 1.165) is 28.3 Å². The number of rotatable bonds is 6. The summed E-state index contributed by atoms with van der Waals surface area (Å²) in [4.78, 5) is 7.98. The van der Waals surface area contributed by atoms with Gasteiger partial charge in [-0.05, 0) is 102 Å². The molecular weight excluding hydrogens is 799 g/mol. The lowest BCUT2D eigenvalue weighted by Crippen LogP contribution is -2.34. The van der Waals surface area contributed by atoms with Crippen molar-refractivity contribution in [3.8, 4) is 39.1 Å². The van der Waals surface area contributed by atoms with E-state index >= 15 is 0 Å². The van der Waals surface area contributed by atoms with Crippen molar-refractivity contribution < 1.29 is 0 Å². The highest BCUT2D eigenvalue weighted by Gasteiger charge is 2.31. The topological polar surface area (TPSA) is 20.5 Å². The summed E-state index contributed by atoms with van der Waals surface area (Å²) >= 11 is 0. The molecule has 2 heterocycles. The second-order valence-electron chi connectivity index (χ2n) is 17.5. The number of hydrogen-bond acceptors (Lipinski definition) is 2. The monoisotopic (exact) mass is 841 g/mol. The first-order chi connectivity index (χ1) is 32.7. The Labute approximate surface area is 383 Å². The third kappa shape index (κ3) is 6.01. The third-order valence-electron chi connectivity index (χ3n) is 13.8. The molecule has 0 bridgehead atoms. The molecule has 3 heteroatoms. The number of aromatic nitrogens is 1. The maximum atomic E-state index is 5.57. The Bertz CT molecular complexity index is 3880. The number of benzene rings is 11. The molecule has 12 aromatic rings. The van der Waals surface area contributed by atoms with Gasteiger partial charge in [-0.2, -0.15) is 0 Å². The van der Waals surface area contributed by atoms with Gasteiger partial charge in [0.25, 0.3) is 0 Å². The van der Waals surface area contributed by atoms with Crippen molar-refractivity contribution >= 4 is 71.2 Å². The van der Waals surface area contributed by atoms with Crippen LogP contribution in [0.4, 0.5) is 11.4 Å². The second kappa shape index (κ2) is 15.3. The maximum Gasteiger partial charge on any atom is 0.0970 e. The van der Waals surface area contributed by atoms with Crippen molar-refractivity contribution in [1.29, 1.82) is 0 Å². The fourth-order valence-electron chi connectivity index (χ4n) is 10.8. The summed E-state index contributed by atoms with van der Waals surface area (Å²) in [6.07, 6.45) is 0. The Balaban J connectivity index is 1.01. The molecule has 3 nitrogen and oxygen atoms in total. The Hall–Kier alpha value is -8.53. The van der Waals surface area contributed by atoms with Gasteiger partial charge in [-0.3, -0.25) is 0 Å². The van der Waals surface area contributed by atoms with Crippen LogP contribution >= 0.6 is 0 Å². The molecule has 310 valence electrons. The molecule has 1 atom stereocenters. The minimum absolute atomic E-state index is 0.127. The van der Waals surface area contributed by atoms with Crippen LogP contribution in [-0.4, -0.2) is 17.3 Å². The minimum Gasteiger partial charge on any atom is -0.360 e. The predicted octanol–water partition coefficient (Wildman–Crippen LogP) is 16.6. The zero-order valence-corrected chi connectivity index (χ0v) is 36.4. The van der Waals surface area contributed by atoms with E-state index in [1.165, 1.54) is 93.1 Å². The van der Waals surface area contributed by atoms with Crippen LogP contribution in [0.2, 0.25) is 0 Å². The Kier molecular flexibility index (Phi) is 8.82. The van der Waals surface area contributed by atoms with E-state index in [2.05, 4.69) is 253 Å². The molecule has 0 saturated carbocycles. The zero-order chi connectivity index (χ0) is 43.7. The SMILES string of the molecule is CN1c2ccccc2N=C(c2cccc3c(-n4c5ccc6ccccc6c5c5c6ccccc6c(-c6ccccc6)cc54)cccc23)C1c1ccc(-c2cccc(-c3ccccc3)c2)cc1. The number of fused-ring (bicyclic) bond motifs is 9. The number of aliphatic imine (C=N–C) groups is 1. The fourth-order valence-corrected chi connectivity index (χ4v) is 10.8. The minimum atomic E-state index is -0.127. The van der Waals surface area contributed by atoms with Crippen molar-refractivity contribution in [2.24, 2.45) is 4.99 Å². The van der Waals surface area contributed by atoms with E-state index < -0.39 is 0 Å². The Morgan fingerprint density at radius 1 is 0.364 bits per heavy atom. The van der Waals surface area contributed by atoms with Crippen LogP contribution in [-0.2, 0) is 0 Å². The van der Waals surface area contributed by atoms with Crippen LogP contribution in [0.3, 0.4) is 0 Å². The van der Waals surface area contributed by atoms with E-state index in [1.54, 1.807) is 0 Å². The number of anilines is 1. The molecule has 13 rings (SSSR count). The molecular formula is C63H43N3. The smallest absolute Gasteiger partial charge is 0.0970 e. The summed E-state index contributed by atoms with van der Waals surface area (Å²) in [6, 6.07) is 86.2. The van der Waals surface area contributed by atoms with Crippen molar-refractivity contribution in [2.45, 2.75) is 6.04 Å². The van der Waals surface area contributed by atoms with E-state index in [-0.39, 0.29) is 6.04 Å². The van der Waals surface area contributed by atoms with Crippen molar-refractivity contribution in [3.05, 3.63) is 248 Å². The van der Waals surface area contributed by atoms with Crippen LogP contribution in [0.5, 0.6) is 0 Å². The third-order valence-corrected chi connectivity index (χ3v) is 13.8. The maximum absolute atomic E-state index is 5.57. The summed E-state index contributed by atoms with van der Waals surface area (Å²) in [6.45, 7) is 0. The van der Waals surface area contributed by atoms with E-state index in [0.29, 0.717) is 0 Å². The average Bonchev–Trinajstić information content (AvgIpc) is 3.73. The van der Waals surface area contributed by atoms with Gasteiger partial charge in [-0.25, -0.2) is 4.99 Å². The first kappa shape index (κ1) is 38.0. The Morgan fingerprint density at radius 3 is 1.73 bits per heavy atom. The Morgan fingerprint density at radius 2 is 0.924 bits per heavy atom. The lowest BCUT2D eigenvalue weighted by molar-refractivity contribution is 0.836. The number of para-hydroxylation sites is 2. The lowest BCUT2D eigenvalue weighted by atomic mass is 9.89.